The summed E-state index contributed by atoms with van der Waals surface area (Å²) in [4.78, 5) is 29.6. The Balaban J connectivity index is 0.00000153. The number of piperazine rings is 1. The van der Waals surface area contributed by atoms with Gasteiger partial charge in [-0.05, 0) is 24.8 Å². The number of allylic oxidation sites excluding steroid dienone is 3. The number of amides is 3. The summed E-state index contributed by atoms with van der Waals surface area (Å²) in [7, 11) is 3.48. The van der Waals surface area contributed by atoms with Crippen LogP contribution in [0.5, 0.6) is 0 Å². The molecule has 1 saturated heterocycles. The molecule has 3 amide bonds. The number of urea groups is 1. The average molecular weight is 378 g/mol. The fourth-order valence-electron chi connectivity index (χ4n) is 2.21. The molecule has 5 heteroatoms. The van der Waals surface area contributed by atoms with E-state index in [4.69, 9.17) is 0 Å². The van der Waals surface area contributed by atoms with Crippen LogP contribution in [0, 0.1) is 11.8 Å². The fourth-order valence-corrected chi connectivity index (χ4v) is 2.21. The number of hydrogen-bond acceptors (Lipinski definition) is 2. The van der Waals surface area contributed by atoms with E-state index in [1.807, 2.05) is 12.2 Å². The van der Waals surface area contributed by atoms with Crippen LogP contribution >= 0.6 is 0 Å². The van der Waals surface area contributed by atoms with Crippen LogP contribution in [0.4, 0.5) is 4.79 Å². The van der Waals surface area contributed by atoms with Gasteiger partial charge in [0.2, 0.25) is 0 Å². The Labute approximate surface area is 166 Å². The second kappa shape index (κ2) is 12.4. The molecule has 1 rings (SSSR count). The van der Waals surface area contributed by atoms with Crippen LogP contribution < -0.4 is 0 Å². The van der Waals surface area contributed by atoms with Crippen LogP contribution in [0.15, 0.2) is 36.0 Å². The van der Waals surface area contributed by atoms with Crippen LogP contribution in [0.1, 0.15) is 41.5 Å². The zero-order valence-electron chi connectivity index (χ0n) is 18.6. The highest BCUT2D eigenvalue weighted by molar-refractivity contribution is 5.96. The lowest BCUT2D eigenvalue weighted by Gasteiger charge is -2.36. The molecule has 0 saturated carbocycles. The topological polar surface area (TPSA) is 43.9 Å². The monoisotopic (exact) mass is 377 g/mol. The van der Waals surface area contributed by atoms with Crippen molar-refractivity contribution in [2.45, 2.75) is 41.5 Å². The molecule has 0 bridgehead atoms. The third-order valence-corrected chi connectivity index (χ3v) is 4.12. The lowest BCUT2D eigenvalue weighted by Crippen LogP contribution is -2.53. The Morgan fingerprint density at radius 1 is 0.926 bits per heavy atom. The van der Waals surface area contributed by atoms with Crippen LogP contribution in [0.2, 0.25) is 0 Å². The van der Waals surface area contributed by atoms with Crippen LogP contribution in [0.25, 0.3) is 0 Å². The molecular weight excluding hydrogens is 338 g/mol. The van der Waals surface area contributed by atoms with Gasteiger partial charge in [-0.2, -0.15) is 0 Å². The van der Waals surface area contributed by atoms with E-state index < -0.39 is 0 Å². The summed E-state index contributed by atoms with van der Waals surface area (Å²) in [5, 5.41) is 0. The molecule has 0 aromatic rings. The van der Waals surface area contributed by atoms with Gasteiger partial charge in [0.1, 0.15) is 0 Å². The summed E-state index contributed by atoms with van der Waals surface area (Å²) in [5.41, 5.74) is 1.82. The molecule has 0 atom stereocenters. The maximum atomic E-state index is 12.6. The van der Waals surface area contributed by atoms with Gasteiger partial charge in [0.25, 0.3) is 5.91 Å². The molecule has 0 aromatic carbocycles. The first-order valence-electron chi connectivity index (χ1n) is 9.77. The van der Waals surface area contributed by atoms with Gasteiger partial charge in [-0.25, -0.2) is 4.79 Å². The quantitative estimate of drug-likeness (QED) is 0.545. The zero-order chi connectivity index (χ0) is 21.1. The van der Waals surface area contributed by atoms with E-state index in [2.05, 4.69) is 48.1 Å². The van der Waals surface area contributed by atoms with Crippen molar-refractivity contribution in [1.29, 1.82) is 0 Å². The minimum Gasteiger partial charge on any atom is -0.335 e. The smallest absolute Gasteiger partial charge is 0.319 e. The maximum Gasteiger partial charge on any atom is 0.319 e. The number of hydrogen-bond donors (Lipinski definition) is 0. The van der Waals surface area contributed by atoms with Crippen LogP contribution in [-0.2, 0) is 4.79 Å². The summed E-state index contributed by atoms with van der Waals surface area (Å²) in [6.45, 7) is 18.8. The third-order valence-electron chi connectivity index (χ3n) is 4.12. The first kappa shape index (κ1) is 25.0. The molecule has 1 heterocycles. The van der Waals surface area contributed by atoms with Gasteiger partial charge in [-0.15, -0.1) is 0 Å². The predicted octanol–water partition coefficient (Wildman–Crippen LogP) is 4.19. The molecule has 5 nitrogen and oxygen atoms in total. The summed E-state index contributed by atoms with van der Waals surface area (Å²) in [6.07, 6.45) is 5.41. The average Bonchev–Trinajstić information content (AvgIpc) is 2.60. The van der Waals surface area contributed by atoms with Crippen LogP contribution in [-0.4, -0.2) is 66.9 Å². The molecule has 1 aliphatic rings. The summed E-state index contributed by atoms with van der Waals surface area (Å²) >= 11 is 0. The van der Waals surface area contributed by atoms with E-state index in [1.54, 1.807) is 34.9 Å². The third kappa shape index (κ3) is 9.45. The van der Waals surface area contributed by atoms with Crippen molar-refractivity contribution < 1.29 is 9.59 Å². The Morgan fingerprint density at radius 3 is 1.74 bits per heavy atom. The predicted molar refractivity (Wildman–Crippen MR) is 115 cm³/mol. The summed E-state index contributed by atoms with van der Waals surface area (Å²) in [6, 6.07) is -0.00734. The Morgan fingerprint density at radius 2 is 1.37 bits per heavy atom. The Bertz CT molecular complexity index is 549. The van der Waals surface area contributed by atoms with Gasteiger partial charge in [0.15, 0.2) is 0 Å². The van der Waals surface area contributed by atoms with Crippen LogP contribution in [0.3, 0.4) is 0 Å². The van der Waals surface area contributed by atoms with E-state index in [0.717, 1.165) is 5.92 Å². The minimum absolute atomic E-state index is 0.00734. The second-order valence-electron chi connectivity index (χ2n) is 8.08. The number of carbonyl (C=O) groups excluding carboxylic acids is 2. The Kier molecular flexibility index (Phi) is 11.4. The normalized spacial score (nSPS) is 15.5. The van der Waals surface area contributed by atoms with E-state index in [0.29, 0.717) is 37.7 Å². The van der Waals surface area contributed by atoms with Gasteiger partial charge in [0, 0.05) is 45.8 Å². The van der Waals surface area contributed by atoms with Gasteiger partial charge in [-0.1, -0.05) is 58.9 Å². The van der Waals surface area contributed by atoms with Crippen molar-refractivity contribution in [3.63, 3.8) is 0 Å². The zero-order valence-corrected chi connectivity index (χ0v) is 18.6. The van der Waals surface area contributed by atoms with Crippen molar-refractivity contribution >= 4 is 11.9 Å². The SMILES string of the molecule is C=C/C(=C\C=C(/C)C(C)C)C(=O)N1CCN(C(=O)N(C)C)CC1.CC(C)C. The van der Waals surface area contributed by atoms with Crippen molar-refractivity contribution in [3.05, 3.63) is 36.0 Å². The highest BCUT2D eigenvalue weighted by Gasteiger charge is 2.25. The molecule has 1 fully saturated rings. The van der Waals surface area contributed by atoms with Crippen molar-refractivity contribution in [1.82, 2.24) is 14.7 Å². The first-order chi connectivity index (χ1) is 12.5. The van der Waals surface area contributed by atoms with E-state index >= 15 is 0 Å². The molecule has 0 aliphatic carbocycles. The molecule has 154 valence electrons. The Hall–Kier alpha value is -2.04. The molecular formula is C22H39N3O2. The number of carbonyl (C=O) groups is 2. The standard InChI is InChI=1S/C18H29N3O2.C4H10/c1-7-16(9-8-15(4)14(2)3)17(22)20-10-12-21(13-11-20)18(23)19(5)6;1-4(2)3/h7-9,14H,1,10-13H2,2-6H3;4H,1-3H3/b15-8+,16-9+;. The minimum atomic E-state index is -0.0234. The second-order valence-corrected chi connectivity index (χ2v) is 8.08. The van der Waals surface area contributed by atoms with Gasteiger partial charge >= 0.3 is 6.03 Å². The van der Waals surface area contributed by atoms with E-state index in [-0.39, 0.29) is 11.9 Å². The fraction of sp³-hybridized carbons (Fsp3) is 0.636. The van der Waals surface area contributed by atoms with Crippen molar-refractivity contribution in [2.24, 2.45) is 11.8 Å². The molecule has 0 aromatic heterocycles. The van der Waals surface area contributed by atoms with Gasteiger partial charge in [0.05, 0.1) is 0 Å². The van der Waals surface area contributed by atoms with Gasteiger partial charge in [-0.3, -0.25) is 4.79 Å². The van der Waals surface area contributed by atoms with E-state index in [9.17, 15) is 9.59 Å². The lowest BCUT2D eigenvalue weighted by molar-refractivity contribution is -0.128. The number of nitrogens with zero attached hydrogens (tertiary/aromatic N) is 3. The molecule has 0 N–H and O–H groups in total. The molecule has 0 radical (unpaired) electrons. The van der Waals surface area contributed by atoms with Crippen molar-refractivity contribution in [3.8, 4) is 0 Å². The molecule has 1 aliphatic heterocycles. The largest absolute Gasteiger partial charge is 0.335 e. The molecule has 27 heavy (non-hydrogen) atoms. The molecule has 0 spiro atoms. The molecule has 0 unspecified atom stereocenters. The van der Waals surface area contributed by atoms with E-state index in [1.165, 1.54) is 5.57 Å². The lowest BCUT2D eigenvalue weighted by atomic mass is 10.0. The van der Waals surface area contributed by atoms with Crippen molar-refractivity contribution in [2.75, 3.05) is 40.3 Å². The highest BCUT2D eigenvalue weighted by Crippen LogP contribution is 2.12. The number of rotatable bonds is 4. The summed E-state index contributed by atoms with van der Waals surface area (Å²) in [5.74, 6) is 1.26. The summed E-state index contributed by atoms with van der Waals surface area (Å²) < 4.78 is 0. The highest BCUT2D eigenvalue weighted by atomic mass is 16.2. The maximum absolute atomic E-state index is 12.6. The van der Waals surface area contributed by atoms with Gasteiger partial charge < -0.3 is 14.7 Å². The first-order valence-corrected chi connectivity index (χ1v) is 9.77.